The van der Waals surface area contributed by atoms with E-state index in [1.807, 2.05) is 0 Å². The second kappa shape index (κ2) is 39.4. The molecule has 0 aromatic carbocycles. The van der Waals surface area contributed by atoms with Gasteiger partial charge in [0.2, 0.25) is 0 Å². The monoisotopic (exact) mass is 762 g/mol. The molecule has 0 aromatic rings. The molecular formula is C39H74NaO10P. The standard InChI is InChI=1S/C39H75O10P.Na/c1-3-5-7-9-11-13-15-17-19-20-22-24-26-28-30-38(42)46-34-37(35-48-50(44,45)47-33-36(41)32-40)49-39(43)31-29-27-25-23-21-18-16-14-12-10-8-6-4-2;/h14,16,36-37,40-41H,3-13,15,17-35H2,1-2H3,(H,44,45);/q;+1/p-1/b16-14+;/t36?,37-;/m1./s1/i34D2,35D2,37D;. The molecule has 0 spiro atoms. The van der Waals surface area contributed by atoms with Crippen molar-refractivity contribution in [2.24, 2.45) is 0 Å². The number of aliphatic hydroxyl groups excluding tert-OH is 2. The van der Waals surface area contributed by atoms with Crippen molar-refractivity contribution in [3.8, 4) is 0 Å². The Morgan fingerprint density at radius 1 is 0.686 bits per heavy atom. The molecule has 0 saturated carbocycles. The normalized spacial score (nSPS) is 16.5. The number of ether oxygens (including phenoxy) is 2. The maximum absolute atomic E-state index is 12.9. The van der Waals surface area contributed by atoms with E-state index in [-0.39, 0.29) is 48.8 Å². The van der Waals surface area contributed by atoms with Crippen LogP contribution in [0.5, 0.6) is 0 Å². The van der Waals surface area contributed by atoms with Crippen LogP contribution in [0.1, 0.15) is 194 Å². The van der Waals surface area contributed by atoms with E-state index >= 15 is 0 Å². The zero-order chi connectivity index (χ0) is 41.5. The molecule has 0 saturated heterocycles. The van der Waals surface area contributed by atoms with Crippen LogP contribution in [0, 0.1) is 0 Å². The van der Waals surface area contributed by atoms with Crippen LogP contribution in [-0.4, -0.2) is 60.7 Å². The first-order chi connectivity index (χ1) is 26.1. The summed E-state index contributed by atoms with van der Waals surface area (Å²) < 4.78 is 72.8. The van der Waals surface area contributed by atoms with Gasteiger partial charge in [-0.1, -0.05) is 148 Å². The van der Waals surface area contributed by atoms with Crippen molar-refractivity contribution >= 4 is 19.8 Å². The van der Waals surface area contributed by atoms with Gasteiger partial charge in [0.25, 0.3) is 7.82 Å². The van der Waals surface area contributed by atoms with Crippen molar-refractivity contribution < 1.29 is 84.2 Å². The minimum atomic E-state index is -5.74. The number of hydrogen-bond donors (Lipinski definition) is 2. The van der Waals surface area contributed by atoms with Crippen molar-refractivity contribution in [1.82, 2.24) is 0 Å². The van der Waals surface area contributed by atoms with Gasteiger partial charge in [-0.15, -0.1) is 0 Å². The Balaban J connectivity index is 0. The number of allylic oxidation sites excluding steroid dienone is 2. The molecule has 0 fully saturated rings. The molecule has 0 aromatic heterocycles. The van der Waals surface area contributed by atoms with Crippen molar-refractivity contribution in [3.05, 3.63) is 12.2 Å². The Bertz CT molecular complexity index is 1080. The number of aliphatic hydroxyl groups is 2. The van der Waals surface area contributed by atoms with Gasteiger partial charge in [0.15, 0.2) is 6.08 Å². The van der Waals surface area contributed by atoms with Crippen LogP contribution in [0.15, 0.2) is 12.2 Å². The van der Waals surface area contributed by atoms with Gasteiger partial charge in [0, 0.05) is 12.8 Å². The number of hydrogen-bond acceptors (Lipinski definition) is 10. The molecular weight excluding hydrogens is 682 g/mol. The van der Waals surface area contributed by atoms with Crippen molar-refractivity contribution in [3.63, 3.8) is 0 Å². The van der Waals surface area contributed by atoms with Gasteiger partial charge >= 0.3 is 41.5 Å². The Labute approximate surface area is 340 Å². The maximum atomic E-state index is 12.9. The maximum Gasteiger partial charge on any atom is 1.00 e. The molecule has 2 unspecified atom stereocenters. The van der Waals surface area contributed by atoms with Gasteiger partial charge in [-0.25, -0.2) is 0 Å². The van der Waals surface area contributed by atoms with Crippen molar-refractivity contribution in [2.45, 2.75) is 199 Å². The molecule has 296 valence electrons. The quantitative estimate of drug-likeness (QED) is 0.0237. The second-order valence-corrected chi connectivity index (χ2v) is 14.5. The number of esters is 2. The fraction of sp³-hybridized carbons (Fsp3) is 0.897. The van der Waals surface area contributed by atoms with Crippen molar-refractivity contribution in [1.29, 1.82) is 0 Å². The molecule has 51 heavy (non-hydrogen) atoms. The zero-order valence-corrected chi connectivity index (χ0v) is 35.2. The average molecular weight is 762 g/mol. The summed E-state index contributed by atoms with van der Waals surface area (Å²) >= 11 is 0. The minimum absolute atomic E-state index is 0. The predicted molar refractivity (Wildman–Crippen MR) is 199 cm³/mol. The van der Waals surface area contributed by atoms with Crippen LogP contribution in [0.2, 0.25) is 0 Å². The Morgan fingerprint density at radius 2 is 1.10 bits per heavy atom. The van der Waals surface area contributed by atoms with E-state index in [0.717, 1.165) is 57.8 Å². The summed E-state index contributed by atoms with van der Waals surface area (Å²) in [5, 5.41) is 18.4. The summed E-state index contributed by atoms with van der Waals surface area (Å²) in [7, 11) is -5.74. The molecule has 0 bridgehead atoms. The average Bonchev–Trinajstić information content (AvgIpc) is 3.11. The topological polar surface area (TPSA) is 152 Å². The van der Waals surface area contributed by atoms with Gasteiger partial charge in [-0.2, -0.15) is 0 Å². The molecule has 0 heterocycles. The molecule has 0 aliphatic carbocycles. The first-order valence-corrected chi connectivity index (χ1v) is 21.1. The largest absolute Gasteiger partial charge is 1.00 e. The summed E-state index contributed by atoms with van der Waals surface area (Å²) in [6, 6.07) is 0. The second-order valence-electron chi connectivity index (χ2n) is 13.1. The van der Waals surface area contributed by atoms with E-state index in [9.17, 15) is 24.2 Å². The third-order valence-electron chi connectivity index (χ3n) is 8.24. The first kappa shape index (κ1) is 43.4. The molecule has 12 heteroatoms. The molecule has 3 atom stereocenters. The number of rotatable bonds is 38. The first-order valence-electron chi connectivity index (χ1n) is 22.1. The van der Waals surface area contributed by atoms with E-state index in [1.54, 1.807) is 0 Å². The summed E-state index contributed by atoms with van der Waals surface area (Å²) in [6.07, 6.45) is 23.9. The zero-order valence-electron chi connectivity index (χ0n) is 37.3. The van der Waals surface area contributed by atoms with E-state index in [4.69, 9.17) is 21.4 Å². The Hall–Kier alpha value is -0.290. The molecule has 0 rings (SSSR count). The third-order valence-corrected chi connectivity index (χ3v) is 9.02. The number of carbonyl (C=O) groups excluding carboxylic acids is 2. The van der Waals surface area contributed by atoms with Crippen LogP contribution in [0.3, 0.4) is 0 Å². The van der Waals surface area contributed by atoms with Gasteiger partial charge in [-0.05, 0) is 38.5 Å². The van der Waals surface area contributed by atoms with Crippen LogP contribution < -0.4 is 34.5 Å². The predicted octanol–water partition coefficient (Wildman–Crippen LogP) is 6.43. The summed E-state index contributed by atoms with van der Waals surface area (Å²) in [5.41, 5.74) is 0. The molecule has 2 N–H and O–H groups in total. The molecule has 0 aliphatic heterocycles. The summed E-state index contributed by atoms with van der Waals surface area (Å²) in [6.45, 7) is -5.22. The van der Waals surface area contributed by atoms with Crippen LogP contribution in [0.4, 0.5) is 0 Å². The summed E-state index contributed by atoms with van der Waals surface area (Å²) in [5.74, 6) is -2.36. The number of phosphoric acid groups is 1. The fourth-order valence-corrected chi connectivity index (χ4v) is 5.79. The van der Waals surface area contributed by atoms with Crippen LogP contribution in [0.25, 0.3) is 0 Å². The van der Waals surface area contributed by atoms with Gasteiger partial charge in [-0.3, -0.25) is 14.2 Å². The van der Waals surface area contributed by atoms with E-state index in [0.29, 0.717) is 19.3 Å². The Morgan fingerprint density at radius 3 is 1.57 bits per heavy atom. The molecule has 0 radical (unpaired) electrons. The minimum Gasteiger partial charge on any atom is -0.756 e. The number of unbranched alkanes of at least 4 members (excludes halogenated alkanes) is 22. The third kappa shape index (κ3) is 39.2. The van der Waals surface area contributed by atoms with Crippen LogP contribution >= 0.6 is 7.82 Å². The van der Waals surface area contributed by atoms with E-state index in [1.165, 1.54) is 77.0 Å². The number of carbonyl (C=O) groups is 2. The van der Waals surface area contributed by atoms with Gasteiger partial charge in [0.05, 0.1) is 26.6 Å². The molecule has 10 nitrogen and oxygen atoms in total. The van der Waals surface area contributed by atoms with Crippen LogP contribution in [-0.2, 0) is 32.7 Å². The molecule has 0 amide bonds. The summed E-state index contributed by atoms with van der Waals surface area (Å²) in [4.78, 5) is 38.0. The van der Waals surface area contributed by atoms with E-state index < -0.39 is 58.3 Å². The molecule has 0 aliphatic rings. The number of phosphoric ester groups is 1. The van der Waals surface area contributed by atoms with Crippen molar-refractivity contribution in [2.75, 3.05) is 26.3 Å². The fourth-order valence-electron chi connectivity index (χ4n) is 5.19. The van der Waals surface area contributed by atoms with Gasteiger partial charge < -0.3 is 33.6 Å². The van der Waals surface area contributed by atoms with E-state index in [2.05, 4.69) is 35.0 Å². The Kier molecular flexibility index (Phi) is 33.6. The van der Waals surface area contributed by atoms with Gasteiger partial charge in [0.1, 0.15) is 12.7 Å². The smallest absolute Gasteiger partial charge is 0.756 e. The SMILES string of the molecule is [2H]C([2H])(OC(=O)CCCCCCCCCCCCCCCC)[C@@]([2H])(OC(=O)CCCCCCC/C=C/CCCCCC)C([2H])([2H])OP(=O)([O-])OCC(O)CO.[Na+].